The van der Waals surface area contributed by atoms with Crippen molar-refractivity contribution in [1.29, 1.82) is 0 Å². The molecule has 6 nitrogen and oxygen atoms in total. The number of pyridine rings is 1. The molecule has 0 aliphatic heterocycles. The summed E-state index contributed by atoms with van der Waals surface area (Å²) in [5.74, 6) is -0.449. The van der Waals surface area contributed by atoms with Gasteiger partial charge in [-0.3, -0.25) is 9.59 Å². The fourth-order valence-corrected chi connectivity index (χ4v) is 1.58. The van der Waals surface area contributed by atoms with E-state index in [-0.39, 0.29) is 18.7 Å². The Bertz CT molecular complexity index is 469. The predicted molar refractivity (Wildman–Crippen MR) is 73.7 cm³/mol. The van der Waals surface area contributed by atoms with Crippen molar-refractivity contribution in [3.05, 3.63) is 34.2 Å². The van der Waals surface area contributed by atoms with Gasteiger partial charge < -0.3 is 18.8 Å². The summed E-state index contributed by atoms with van der Waals surface area (Å²) in [7, 11) is 0. The van der Waals surface area contributed by atoms with E-state index in [1.54, 1.807) is 19.1 Å². The molecule has 0 aliphatic carbocycles. The van der Waals surface area contributed by atoms with Crippen LogP contribution in [0.15, 0.2) is 23.0 Å². The van der Waals surface area contributed by atoms with Gasteiger partial charge in [0.15, 0.2) is 0 Å². The molecule has 1 aromatic heterocycles. The van der Waals surface area contributed by atoms with Crippen LogP contribution in [0.5, 0.6) is 0 Å². The van der Waals surface area contributed by atoms with Crippen molar-refractivity contribution in [3.8, 4) is 0 Å². The van der Waals surface area contributed by atoms with Gasteiger partial charge >= 0.3 is 5.97 Å². The Kier molecular flexibility index (Phi) is 7.60. The van der Waals surface area contributed by atoms with Gasteiger partial charge in [0.2, 0.25) is 0 Å². The lowest BCUT2D eigenvalue weighted by Crippen LogP contribution is -2.26. The molecule has 1 aromatic rings. The third-order valence-electron chi connectivity index (χ3n) is 2.62. The van der Waals surface area contributed by atoms with Crippen LogP contribution in [-0.2, 0) is 25.5 Å². The van der Waals surface area contributed by atoms with Crippen molar-refractivity contribution in [2.24, 2.45) is 0 Å². The summed E-state index contributed by atoms with van der Waals surface area (Å²) in [6, 6.07) is 4.84. The van der Waals surface area contributed by atoms with Crippen molar-refractivity contribution >= 4 is 5.97 Å². The minimum Gasteiger partial charge on any atom is -0.462 e. The summed E-state index contributed by atoms with van der Waals surface area (Å²) in [5.41, 5.74) is 0.511. The summed E-state index contributed by atoms with van der Waals surface area (Å²) in [4.78, 5) is 23.2. The number of carbonyl (C=O) groups is 1. The number of esters is 1. The zero-order chi connectivity index (χ0) is 14.8. The van der Waals surface area contributed by atoms with Crippen molar-refractivity contribution in [2.45, 2.75) is 20.4 Å². The summed E-state index contributed by atoms with van der Waals surface area (Å²) >= 11 is 0. The van der Waals surface area contributed by atoms with E-state index in [0.29, 0.717) is 26.4 Å². The third kappa shape index (κ3) is 5.99. The van der Waals surface area contributed by atoms with E-state index in [0.717, 1.165) is 5.69 Å². The van der Waals surface area contributed by atoms with E-state index in [2.05, 4.69) is 0 Å². The molecule has 1 rings (SSSR count). The van der Waals surface area contributed by atoms with Crippen LogP contribution in [0.3, 0.4) is 0 Å². The molecule has 0 bridgehead atoms. The van der Waals surface area contributed by atoms with Gasteiger partial charge in [-0.1, -0.05) is 6.07 Å². The van der Waals surface area contributed by atoms with E-state index in [1.807, 2.05) is 6.92 Å². The molecule has 0 fully saturated rings. The Morgan fingerprint density at radius 3 is 2.55 bits per heavy atom. The second-order valence-electron chi connectivity index (χ2n) is 4.12. The van der Waals surface area contributed by atoms with E-state index >= 15 is 0 Å². The largest absolute Gasteiger partial charge is 0.462 e. The Morgan fingerprint density at radius 1 is 1.15 bits per heavy atom. The normalized spacial score (nSPS) is 10.5. The molecule has 20 heavy (non-hydrogen) atoms. The van der Waals surface area contributed by atoms with E-state index < -0.39 is 5.97 Å². The number of nitrogens with zero attached hydrogens (tertiary/aromatic N) is 1. The molecule has 0 aromatic carbocycles. The molecule has 0 radical (unpaired) electrons. The average Bonchev–Trinajstić information content (AvgIpc) is 2.42. The van der Waals surface area contributed by atoms with Gasteiger partial charge in [-0.15, -0.1) is 0 Å². The van der Waals surface area contributed by atoms with E-state index in [1.165, 1.54) is 10.6 Å². The van der Waals surface area contributed by atoms with Gasteiger partial charge in [0.25, 0.3) is 5.56 Å². The minimum absolute atomic E-state index is 0.0789. The highest BCUT2D eigenvalue weighted by atomic mass is 16.6. The quantitative estimate of drug-likeness (QED) is 0.494. The second kappa shape index (κ2) is 9.28. The SMILES string of the molecule is CCOCCOCCOC(=O)Cn1c(C)cccc1=O. The number of aromatic nitrogens is 1. The molecule has 0 spiro atoms. The van der Waals surface area contributed by atoms with E-state index in [9.17, 15) is 9.59 Å². The molecule has 1 heterocycles. The zero-order valence-electron chi connectivity index (χ0n) is 12.0. The molecule has 0 saturated carbocycles. The number of aryl methyl sites for hydroxylation is 1. The fourth-order valence-electron chi connectivity index (χ4n) is 1.58. The molecule has 112 valence electrons. The number of ether oxygens (including phenoxy) is 3. The highest BCUT2D eigenvalue weighted by Crippen LogP contribution is 1.94. The first-order valence-electron chi connectivity index (χ1n) is 6.62. The van der Waals surface area contributed by atoms with Gasteiger partial charge in [0, 0.05) is 18.4 Å². The number of carbonyl (C=O) groups excluding carboxylic acids is 1. The average molecular weight is 283 g/mol. The first-order valence-corrected chi connectivity index (χ1v) is 6.62. The molecule has 0 N–H and O–H groups in total. The van der Waals surface area contributed by atoms with Gasteiger partial charge in [-0.05, 0) is 19.9 Å². The summed E-state index contributed by atoms with van der Waals surface area (Å²) in [5, 5.41) is 0. The lowest BCUT2D eigenvalue weighted by Gasteiger charge is -2.09. The van der Waals surface area contributed by atoms with Crippen LogP contribution in [0.1, 0.15) is 12.6 Å². The molecule has 0 amide bonds. The molecular weight excluding hydrogens is 262 g/mol. The fraction of sp³-hybridized carbons (Fsp3) is 0.571. The second-order valence-corrected chi connectivity index (χ2v) is 4.12. The maximum absolute atomic E-state index is 11.6. The van der Waals surface area contributed by atoms with Crippen LogP contribution < -0.4 is 5.56 Å². The standard InChI is InChI=1S/C14H21NO5/c1-3-18-7-8-19-9-10-20-14(17)11-15-12(2)5-4-6-13(15)16/h4-6H,3,7-11H2,1-2H3. The number of hydrogen-bond donors (Lipinski definition) is 0. The summed E-state index contributed by atoms with van der Waals surface area (Å²) in [6.45, 7) is 5.76. The zero-order valence-corrected chi connectivity index (χ0v) is 12.0. The highest BCUT2D eigenvalue weighted by molar-refractivity contribution is 5.69. The Hall–Kier alpha value is -1.66. The minimum atomic E-state index is -0.449. The van der Waals surface area contributed by atoms with Crippen LogP contribution in [0.25, 0.3) is 0 Å². The first kappa shape index (κ1) is 16.4. The molecule has 0 saturated heterocycles. The van der Waals surface area contributed by atoms with Crippen LogP contribution in [0.2, 0.25) is 0 Å². The molecule has 0 atom stereocenters. The number of hydrogen-bond acceptors (Lipinski definition) is 5. The monoisotopic (exact) mass is 283 g/mol. The lowest BCUT2D eigenvalue weighted by atomic mass is 10.3. The van der Waals surface area contributed by atoms with Crippen LogP contribution >= 0.6 is 0 Å². The number of rotatable bonds is 9. The van der Waals surface area contributed by atoms with Gasteiger partial charge in [-0.2, -0.15) is 0 Å². The highest BCUT2D eigenvalue weighted by Gasteiger charge is 2.07. The molecular formula is C14H21NO5. The van der Waals surface area contributed by atoms with Crippen molar-refractivity contribution in [1.82, 2.24) is 4.57 Å². The van der Waals surface area contributed by atoms with Crippen LogP contribution in [-0.4, -0.2) is 43.6 Å². The molecule has 6 heteroatoms. The molecule has 0 aliphatic rings. The van der Waals surface area contributed by atoms with Gasteiger partial charge in [0.1, 0.15) is 13.2 Å². The maximum Gasteiger partial charge on any atom is 0.326 e. The van der Waals surface area contributed by atoms with E-state index in [4.69, 9.17) is 14.2 Å². The summed E-state index contributed by atoms with van der Waals surface area (Å²) in [6.07, 6.45) is 0. The summed E-state index contributed by atoms with van der Waals surface area (Å²) < 4.78 is 16.7. The lowest BCUT2D eigenvalue weighted by molar-refractivity contribution is -0.146. The van der Waals surface area contributed by atoms with Crippen molar-refractivity contribution in [2.75, 3.05) is 33.0 Å². The molecule has 0 unspecified atom stereocenters. The maximum atomic E-state index is 11.6. The van der Waals surface area contributed by atoms with Crippen LogP contribution in [0.4, 0.5) is 0 Å². The smallest absolute Gasteiger partial charge is 0.326 e. The third-order valence-corrected chi connectivity index (χ3v) is 2.62. The topological polar surface area (TPSA) is 66.8 Å². The Balaban J connectivity index is 2.22. The van der Waals surface area contributed by atoms with Crippen molar-refractivity contribution in [3.63, 3.8) is 0 Å². The Morgan fingerprint density at radius 2 is 1.85 bits per heavy atom. The Labute approximate surface area is 118 Å². The van der Waals surface area contributed by atoms with Gasteiger partial charge in [-0.25, -0.2) is 0 Å². The van der Waals surface area contributed by atoms with Gasteiger partial charge in [0.05, 0.1) is 19.8 Å². The predicted octanol–water partition coefficient (Wildman–Crippen LogP) is 0.753. The van der Waals surface area contributed by atoms with Crippen LogP contribution in [0, 0.1) is 6.92 Å². The first-order chi connectivity index (χ1) is 9.65. The van der Waals surface area contributed by atoms with Crippen molar-refractivity contribution < 1.29 is 19.0 Å².